The standard InChI is InChI=1S/C17H17N3O2/c1-21-15-5-2-13(3-6-15)16-7-4-14(12-18)17(19-16)20-8-10-22-11-9-20/h2-7H,8-11H2,1H3. The summed E-state index contributed by atoms with van der Waals surface area (Å²) in [4.78, 5) is 6.81. The van der Waals surface area contributed by atoms with E-state index in [0.29, 0.717) is 18.8 Å². The van der Waals surface area contributed by atoms with Crippen LogP contribution in [-0.4, -0.2) is 38.4 Å². The fourth-order valence-corrected chi connectivity index (χ4v) is 2.47. The molecule has 3 rings (SSSR count). The van der Waals surface area contributed by atoms with Gasteiger partial charge in [-0.25, -0.2) is 4.98 Å². The minimum atomic E-state index is 0.596. The van der Waals surface area contributed by atoms with Gasteiger partial charge < -0.3 is 14.4 Å². The van der Waals surface area contributed by atoms with Gasteiger partial charge in [0.2, 0.25) is 0 Å². The molecule has 0 unspecified atom stereocenters. The first-order chi connectivity index (χ1) is 10.8. The average Bonchev–Trinajstić information content (AvgIpc) is 2.62. The van der Waals surface area contributed by atoms with E-state index in [1.165, 1.54) is 0 Å². The number of benzene rings is 1. The number of pyridine rings is 1. The highest BCUT2D eigenvalue weighted by Gasteiger charge is 2.17. The van der Waals surface area contributed by atoms with Gasteiger partial charge in [-0.3, -0.25) is 0 Å². The van der Waals surface area contributed by atoms with Gasteiger partial charge in [-0.1, -0.05) is 0 Å². The summed E-state index contributed by atoms with van der Waals surface area (Å²) in [7, 11) is 1.64. The van der Waals surface area contributed by atoms with Crippen LogP contribution in [0.25, 0.3) is 11.3 Å². The number of hydrogen-bond acceptors (Lipinski definition) is 5. The van der Waals surface area contributed by atoms with Crippen molar-refractivity contribution in [2.24, 2.45) is 0 Å². The number of methoxy groups -OCH3 is 1. The summed E-state index contributed by atoms with van der Waals surface area (Å²) >= 11 is 0. The van der Waals surface area contributed by atoms with Crippen molar-refractivity contribution in [3.8, 4) is 23.1 Å². The summed E-state index contributed by atoms with van der Waals surface area (Å²) in [6, 6.07) is 13.7. The largest absolute Gasteiger partial charge is 0.497 e. The lowest BCUT2D eigenvalue weighted by Gasteiger charge is -2.28. The number of nitriles is 1. The molecule has 1 fully saturated rings. The normalized spacial score (nSPS) is 14.5. The van der Waals surface area contributed by atoms with Crippen LogP contribution in [0.15, 0.2) is 36.4 Å². The zero-order chi connectivity index (χ0) is 15.4. The number of anilines is 1. The number of nitrogens with zero attached hydrogens (tertiary/aromatic N) is 3. The van der Waals surface area contributed by atoms with E-state index in [2.05, 4.69) is 11.0 Å². The summed E-state index contributed by atoms with van der Waals surface area (Å²) in [6.45, 7) is 2.85. The molecule has 0 atom stereocenters. The first kappa shape index (κ1) is 14.4. The van der Waals surface area contributed by atoms with Crippen LogP contribution in [0.4, 0.5) is 5.82 Å². The van der Waals surface area contributed by atoms with E-state index in [4.69, 9.17) is 14.5 Å². The third kappa shape index (κ3) is 2.87. The van der Waals surface area contributed by atoms with Crippen LogP contribution in [0.1, 0.15) is 5.56 Å². The molecule has 0 radical (unpaired) electrons. The lowest BCUT2D eigenvalue weighted by molar-refractivity contribution is 0.122. The maximum atomic E-state index is 9.31. The van der Waals surface area contributed by atoms with Crippen molar-refractivity contribution in [2.45, 2.75) is 0 Å². The molecule has 0 N–H and O–H groups in total. The Morgan fingerprint density at radius 1 is 1.14 bits per heavy atom. The maximum absolute atomic E-state index is 9.31. The molecule has 2 heterocycles. The predicted octanol–water partition coefficient (Wildman–Crippen LogP) is 2.47. The first-order valence-electron chi connectivity index (χ1n) is 7.20. The van der Waals surface area contributed by atoms with Crippen molar-refractivity contribution in [2.75, 3.05) is 38.3 Å². The van der Waals surface area contributed by atoms with E-state index in [0.717, 1.165) is 35.9 Å². The molecule has 0 saturated carbocycles. The highest BCUT2D eigenvalue weighted by Crippen LogP contribution is 2.26. The van der Waals surface area contributed by atoms with Crippen LogP contribution >= 0.6 is 0 Å². The zero-order valence-electron chi connectivity index (χ0n) is 12.5. The molecular weight excluding hydrogens is 278 g/mol. The van der Waals surface area contributed by atoms with Crippen LogP contribution in [0.2, 0.25) is 0 Å². The summed E-state index contributed by atoms with van der Waals surface area (Å²) in [5.74, 6) is 1.55. The monoisotopic (exact) mass is 295 g/mol. The lowest BCUT2D eigenvalue weighted by Crippen LogP contribution is -2.37. The summed E-state index contributed by atoms with van der Waals surface area (Å²) in [5.41, 5.74) is 2.45. The number of morpholine rings is 1. The Kier molecular flexibility index (Phi) is 4.22. The fraction of sp³-hybridized carbons (Fsp3) is 0.294. The Hall–Kier alpha value is -2.58. The van der Waals surface area contributed by atoms with Gasteiger partial charge in [0.1, 0.15) is 17.6 Å². The van der Waals surface area contributed by atoms with E-state index in [1.54, 1.807) is 7.11 Å². The molecule has 0 bridgehead atoms. The summed E-state index contributed by atoms with van der Waals surface area (Å²) in [6.07, 6.45) is 0. The molecular formula is C17H17N3O2. The second-order valence-electron chi connectivity index (χ2n) is 5.01. The van der Waals surface area contributed by atoms with Crippen molar-refractivity contribution in [3.05, 3.63) is 42.0 Å². The van der Waals surface area contributed by atoms with Crippen molar-refractivity contribution in [1.29, 1.82) is 5.26 Å². The molecule has 1 aromatic carbocycles. The van der Waals surface area contributed by atoms with E-state index in [9.17, 15) is 5.26 Å². The van der Waals surface area contributed by atoms with Gasteiger partial charge in [0.25, 0.3) is 0 Å². The second kappa shape index (κ2) is 6.46. The summed E-state index contributed by atoms with van der Waals surface area (Å²) in [5, 5.41) is 9.31. The van der Waals surface area contributed by atoms with Gasteiger partial charge in [0, 0.05) is 18.7 Å². The van der Waals surface area contributed by atoms with Gasteiger partial charge in [0.05, 0.1) is 31.6 Å². The van der Waals surface area contributed by atoms with Crippen molar-refractivity contribution >= 4 is 5.82 Å². The van der Waals surface area contributed by atoms with E-state index in [1.807, 2.05) is 36.4 Å². The molecule has 1 aromatic heterocycles. The molecule has 0 aliphatic carbocycles. The third-order valence-corrected chi connectivity index (χ3v) is 3.69. The van der Waals surface area contributed by atoms with Crippen molar-refractivity contribution in [1.82, 2.24) is 4.98 Å². The third-order valence-electron chi connectivity index (χ3n) is 3.69. The average molecular weight is 295 g/mol. The van der Waals surface area contributed by atoms with Gasteiger partial charge in [-0.15, -0.1) is 0 Å². The van der Waals surface area contributed by atoms with Gasteiger partial charge >= 0.3 is 0 Å². The lowest BCUT2D eigenvalue weighted by atomic mass is 10.1. The first-order valence-corrected chi connectivity index (χ1v) is 7.20. The molecule has 5 nitrogen and oxygen atoms in total. The Labute approximate surface area is 129 Å². The molecule has 1 aliphatic heterocycles. The number of rotatable bonds is 3. The van der Waals surface area contributed by atoms with Crippen molar-refractivity contribution < 1.29 is 9.47 Å². The molecule has 1 aliphatic rings. The molecule has 0 spiro atoms. The van der Waals surface area contributed by atoms with Gasteiger partial charge in [-0.2, -0.15) is 5.26 Å². The smallest absolute Gasteiger partial charge is 0.147 e. The SMILES string of the molecule is COc1ccc(-c2ccc(C#N)c(N3CCOCC3)n2)cc1. The molecule has 5 heteroatoms. The molecule has 22 heavy (non-hydrogen) atoms. The molecule has 2 aromatic rings. The Morgan fingerprint density at radius 3 is 2.50 bits per heavy atom. The Morgan fingerprint density at radius 2 is 1.86 bits per heavy atom. The highest BCUT2D eigenvalue weighted by atomic mass is 16.5. The Balaban J connectivity index is 1.96. The van der Waals surface area contributed by atoms with Gasteiger partial charge in [-0.05, 0) is 36.4 Å². The minimum absolute atomic E-state index is 0.596. The van der Waals surface area contributed by atoms with Crippen LogP contribution in [0.5, 0.6) is 5.75 Å². The van der Waals surface area contributed by atoms with Crippen LogP contribution < -0.4 is 9.64 Å². The highest BCUT2D eigenvalue weighted by molar-refractivity contribution is 5.66. The topological polar surface area (TPSA) is 58.4 Å². The van der Waals surface area contributed by atoms with Crippen LogP contribution in [0, 0.1) is 11.3 Å². The van der Waals surface area contributed by atoms with Crippen LogP contribution in [0.3, 0.4) is 0 Å². The molecule has 112 valence electrons. The van der Waals surface area contributed by atoms with E-state index in [-0.39, 0.29) is 0 Å². The zero-order valence-corrected chi connectivity index (χ0v) is 12.5. The predicted molar refractivity (Wildman–Crippen MR) is 84.0 cm³/mol. The fourth-order valence-electron chi connectivity index (χ4n) is 2.47. The van der Waals surface area contributed by atoms with Gasteiger partial charge in [0.15, 0.2) is 0 Å². The molecule has 1 saturated heterocycles. The maximum Gasteiger partial charge on any atom is 0.147 e. The Bertz CT molecular complexity index is 686. The minimum Gasteiger partial charge on any atom is -0.497 e. The molecule has 0 amide bonds. The number of ether oxygens (including phenoxy) is 2. The van der Waals surface area contributed by atoms with Crippen molar-refractivity contribution in [3.63, 3.8) is 0 Å². The number of hydrogen-bond donors (Lipinski definition) is 0. The van der Waals surface area contributed by atoms with Crippen LogP contribution in [-0.2, 0) is 4.74 Å². The summed E-state index contributed by atoms with van der Waals surface area (Å²) < 4.78 is 10.5. The van der Waals surface area contributed by atoms with E-state index < -0.39 is 0 Å². The quantitative estimate of drug-likeness (QED) is 0.870. The second-order valence-corrected chi connectivity index (χ2v) is 5.01. The van der Waals surface area contributed by atoms with E-state index >= 15 is 0 Å². The number of aromatic nitrogens is 1.